The monoisotopic (exact) mass is 687 g/mol. The van der Waals surface area contributed by atoms with Crippen LogP contribution in [0.25, 0.3) is 5.57 Å². The summed E-state index contributed by atoms with van der Waals surface area (Å²) < 4.78 is 0. The zero-order valence-electron chi connectivity index (χ0n) is 30.6. The lowest BCUT2D eigenvalue weighted by Gasteiger charge is -2.27. The summed E-state index contributed by atoms with van der Waals surface area (Å²) in [5, 5.41) is 23.8. The molecule has 0 radical (unpaired) electrons. The number of unbranched alkanes of at least 4 members (excludes halogenated alkanes) is 2. The number of hydrogen-bond donors (Lipinski definition) is 1. The van der Waals surface area contributed by atoms with Gasteiger partial charge in [0.05, 0.1) is 36.0 Å². The number of rotatable bonds is 21. The zero-order chi connectivity index (χ0) is 36.4. The van der Waals surface area contributed by atoms with Crippen molar-refractivity contribution < 1.29 is 19.6 Å². The van der Waals surface area contributed by atoms with Gasteiger partial charge in [-0.2, -0.15) is 5.26 Å². The molecule has 51 heavy (non-hydrogen) atoms. The van der Waals surface area contributed by atoms with Crippen LogP contribution in [0.1, 0.15) is 90.2 Å². The normalized spacial score (nSPS) is 12.1. The summed E-state index contributed by atoms with van der Waals surface area (Å²) in [4.78, 5) is 25.3. The van der Waals surface area contributed by atoms with E-state index in [0.717, 1.165) is 61.3 Å². The van der Waals surface area contributed by atoms with Crippen LogP contribution in [0.3, 0.4) is 0 Å². The molecule has 0 aliphatic rings. The molecule has 1 N–H and O–H groups in total. The van der Waals surface area contributed by atoms with Crippen molar-refractivity contribution >= 4 is 34.3 Å². The van der Waals surface area contributed by atoms with Crippen molar-refractivity contribution in [2.45, 2.75) is 79.1 Å². The molecule has 0 spiro atoms. The van der Waals surface area contributed by atoms with Gasteiger partial charge in [0.2, 0.25) is 0 Å². The largest absolute Gasteiger partial charge is 0.477 e. The van der Waals surface area contributed by atoms with Crippen LogP contribution in [0.5, 0.6) is 0 Å². The van der Waals surface area contributed by atoms with Gasteiger partial charge in [-0.25, -0.2) is 14.9 Å². The molecule has 4 rings (SSSR count). The van der Waals surface area contributed by atoms with Crippen LogP contribution >= 0.6 is 0 Å². The van der Waals surface area contributed by atoms with Gasteiger partial charge in [-0.3, -0.25) is 9.68 Å². The Morgan fingerprint density at radius 3 is 1.31 bits per heavy atom. The van der Waals surface area contributed by atoms with E-state index in [0.29, 0.717) is 41.7 Å². The summed E-state index contributed by atoms with van der Waals surface area (Å²) in [5.41, 5.74) is 4.65. The van der Waals surface area contributed by atoms with E-state index in [1.54, 1.807) is 0 Å². The number of para-hydroxylation sites is 2. The molecule has 4 aromatic rings. The molecule has 0 bridgehead atoms. The van der Waals surface area contributed by atoms with E-state index in [1.807, 2.05) is 125 Å². The highest BCUT2D eigenvalue weighted by atomic mass is 16.7. The maximum atomic E-state index is 12.4. The first-order chi connectivity index (χ1) is 24.9. The number of nitriles is 1. The third kappa shape index (κ3) is 11.0. The van der Waals surface area contributed by atoms with E-state index in [2.05, 4.69) is 27.7 Å². The smallest absolute Gasteiger partial charge is 0.347 e. The SMILES string of the molecule is CCCCC(CC)CON(c1ccccc1)c1ccc(C(=C(C#N)C(=O)O)c2ccc(N(OCC(CC)CCCC)c3ccccc3)cc2)cc1. The molecule has 2 unspecified atom stereocenters. The van der Waals surface area contributed by atoms with Gasteiger partial charge >= 0.3 is 5.97 Å². The quantitative estimate of drug-likeness (QED) is 0.0530. The van der Waals surface area contributed by atoms with E-state index >= 15 is 0 Å². The Morgan fingerprint density at radius 2 is 1.00 bits per heavy atom. The lowest BCUT2D eigenvalue weighted by molar-refractivity contribution is -0.132. The fourth-order valence-corrected chi connectivity index (χ4v) is 6.07. The molecule has 0 heterocycles. The first kappa shape index (κ1) is 38.9. The summed E-state index contributed by atoms with van der Waals surface area (Å²) in [6, 6.07) is 36.9. The van der Waals surface area contributed by atoms with Crippen LogP contribution in [-0.4, -0.2) is 24.3 Å². The first-order valence-electron chi connectivity index (χ1n) is 18.5. The van der Waals surface area contributed by atoms with Crippen LogP contribution in [0.2, 0.25) is 0 Å². The van der Waals surface area contributed by atoms with Gasteiger partial charge in [0.15, 0.2) is 0 Å². The average Bonchev–Trinajstić information content (AvgIpc) is 3.17. The van der Waals surface area contributed by atoms with Crippen LogP contribution in [0, 0.1) is 23.2 Å². The van der Waals surface area contributed by atoms with Gasteiger partial charge in [-0.1, -0.05) is 127 Å². The maximum Gasteiger partial charge on any atom is 0.347 e. The second kappa shape index (κ2) is 20.7. The minimum atomic E-state index is -1.28. The molecule has 0 saturated carbocycles. The molecule has 7 nitrogen and oxygen atoms in total. The van der Waals surface area contributed by atoms with Crippen molar-refractivity contribution in [1.82, 2.24) is 0 Å². The number of aliphatic carboxylic acids is 1. The Balaban J connectivity index is 1.66. The molecule has 7 heteroatoms. The Bertz CT molecular complexity index is 1570. The summed E-state index contributed by atoms with van der Waals surface area (Å²) >= 11 is 0. The second-order valence-electron chi connectivity index (χ2n) is 12.9. The van der Waals surface area contributed by atoms with Crippen molar-refractivity contribution in [3.8, 4) is 6.07 Å². The highest BCUT2D eigenvalue weighted by Gasteiger charge is 2.21. The van der Waals surface area contributed by atoms with Crippen molar-refractivity contribution in [1.29, 1.82) is 5.26 Å². The summed E-state index contributed by atoms with van der Waals surface area (Å²) in [6.45, 7) is 9.98. The Morgan fingerprint density at radius 1 is 0.627 bits per heavy atom. The molecule has 0 aromatic heterocycles. The Hall–Kier alpha value is -4.90. The highest BCUT2D eigenvalue weighted by molar-refractivity contribution is 6.04. The fourth-order valence-electron chi connectivity index (χ4n) is 6.07. The number of carboxylic acid groups (broad SMARTS) is 1. The van der Waals surface area contributed by atoms with Crippen molar-refractivity contribution in [2.24, 2.45) is 11.8 Å². The number of nitrogens with zero attached hydrogens (tertiary/aromatic N) is 3. The maximum absolute atomic E-state index is 12.4. The highest BCUT2D eigenvalue weighted by Crippen LogP contribution is 2.34. The molecule has 268 valence electrons. The standard InChI is InChI=1S/C44H53N3O4/c1-5-9-17-34(7-3)32-50-46(38-19-13-11-14-20-38)40-27-23-36(24-28-40)43(42(31-45)44(48)49)37-25-29-41(30-26-37)47(39-21-15-12-16-22-39)51-33-35(8-4)18-10-6-2/h11-16,19-30,34-35H,5-10,17-18,32-33H2,1-4H3,(H,48,49). The minimum Gasteiger partial charge on any atom is -0.477 e. The van der Waals surface area contributed by atoms with E-state index in [1.165, 1.54) is 12.8 Å². The van der Waals surface area contributed by atoms with Crippen LogP contribution in [-0.2, 0) is 14.5 Å². The molecule has 0 saturated heterocycles. The molecule has 4 aromatic carbocycles. The number of carboxylic acids is 1. The van der Waals surface area contributed by atoms with E-state index < -0.39 is 5.97 Å². The summed E-state index contributed by atoms with van der Waals surface area (Å²) in [5.74, 6) is -0.391. The third-order valence-electron chi connectivity index (χ3n) is 9.30. The second-order valence-corrected chi connectivity index (χ2v) is 12.9. The molecular formula is C44H53N3O4. The van der Waals surface area contributed by atoms with Crippen molar-refractivity contribution in [3.05, 3.63) is 126 Å². The van der Waals surface area contributed by atoms with Crippen LogP contribution in [0.15, 0.2) is 115 Å². The third-order valence-corrected chi connectivity index (χ3v) is 9.30. The lowest BCUT2D eigenvalue weighted by Crippen LogP contribution is -2.22. The van der Waals surface area contributed by atoms with Gasteiger partial charge in [0.25, 0.3) is 0 Å². The number of anilines is 4. The molecular weight excluding hydrogens is 635 g/mol. The van der Waals surface area contributed by atoms with Gasteiger partial charge in [-0.05, 0) is 84.3 Å². The summed E-state index contributed by atoms with van der Waals surface area (Å²) in [6.07, 6.45) is 8.93. The molecule has 2 atom stereocenters. The predicted molar refractivity (Wildman–Crippen MR) is 208 cm³/mol. The van der Waals surface area contributed by atoms with Gasteiger partial charge in [-0.15, -0.1) is 0 Å². The Labute approximate surface area is 304 Å². The van der Waals surface area contributed by atoms with Crippen molar-refractivity contribution in [3.63, 3.8) is 0 Å². The molecule has 0 amide bonds. The predicted octanol–water partition coefficient (Wildman–Crippen LogP) is 11.7. The van der Waals surface area contributed by atoms with Crippen LogP contribution < -0.4 is 10.1 Å². The van der Waals surface area contributed by atoms with E-state index in [9.17, 15) is 15.2 Å². The van der Waals surface area contributed by atoms with Crippen LogP contribution in [0.4, 0.5) is 22.7 Å². The zero-order valence-corrected chi connectivity index (χ0v) is 30.6. The first-order valence-corrected chi connectivity index (χ1v) is 18.5. The molecule has 0 fully saturated rings. The number of hydrogen-bond acceptors (Lipinski definition) is 6. The topological polar surface area (TPSA) is 86.0 Å². The number of carbonyl (C=O) groups is 1. The number of benzene rings is 4. The summed E-state index contributed by atoms with van der Waals surface area (Å²) in [7, 11) is 0. The van der Waals surface area contributed by atoms with Gasteiger partial charge in [0, 0.05) is 5.57 Å². The average molecular weight is 688 g/mol. The Kier molecular flexibility index (Phi) is 15.8. The lowest BCUT2D eigenvalue weighted by atomic mass is 9.93. The molecule has 0 aliphatic carbocycles. The van der Waals surface area contributed by atoms with Crippen molar-refractivity contribution in [2.75, 3.05) is 23.3 Å². The van der Waals surface area contributed by atoms with E-state index in [4.69, 9.17) is 9.68 Å². The van der Waals surface area contributed by atoms with Gasteiger partial charge < -0.3 is 5.11 Å². The molecule has 0 aliphatic heterocycles. The minimum absolute atomic E-state index is 0.328. The fraction of sp³-hybridized carbons (Fsp3) is 0.364. The van der Waals surface area contributed by atoms with E-state index in [-0.39, 0.29) is 5.57 Å². The van der Waals surface area contributed by atoms with Gasteiger partial charge in [0.1, 0.15) is 11.6 Å².